The van der Waals surface area contributed by atoms with Crippen LogP contribution in [0.4, 0.5) is 0 Å². The Bertz CT molecular complexity index is 303. The zero-order chi connectivity index (χ0) is 9.31. The lowest BCUT2D eigenvalue weighted by Crippen LogP contribution is -2.22. The van der Waals surface area contributed by atoms with E-state index in [0.29, 0.717) is 0 Å². The maximum atomic E-state index is 5.78. The second-order valence-electron chi connectivity index (χ2n) is 3.85. The molecular weight excluding hydrogens is 160 g/mol. The number of aryl methyl sites for hydroxylation is 1. The smallest absolute Gasteiger partial charge is 0.0509 e. The molecule has 1 heterocycles. The van der Waals surface area contributed by atoms with E-state index in [0.717, 1.165) is 13.0 Å². The van der Waals surface area contributed by atoms with Gasteiger partial charge in [0, 0.05) is 18.2 Å². The molecular formula is C11H16N2. The topological polar surface area (TPSA) is 38.9 Å². The highest BCUT2D eigenvalue weighted by molar-refractivity contribution is 5.33. The molecule has 2 nitrogen and oxygen atoms in total. The monoisotopic (exact) mass is 176 g/mol. The molecule has 1 aliphatic rings. The molecule has 0 aromatic carbocycles. The zero-order valence-electron chi connectivity index (χ0n) is 8.09. The van der Waals surface area contributed by atoms with Crippen molar-refractivity contribution in [2.24, 2.45) is 5.73 Å². The van der Waals surface area contributed by atoms with Gasteiger partial charge < -0.3 is 5.73 Å². The van der Waals surface area contributed by atoms with Crippen LogP contribution in [0.3, 0.4) is 0 Å². The number of nitrogens with zero attached hydrogens (tertiary/aromatic N) is 1. The maximum absolute atomic E-state index is 5.78. The summed E-state index contributed by atoms with van der Waals surface area (Å²) in [4.78, 5) is 4.47. The fourth-order valence-electron chi connectivity index (χ4n) is 1.89. The van der Waals surface area contributed by atoms with Crippen molar-refractivity contribution >= 4 is 0 Å². The lowest BCUT2D eigenvalue weighted by atomic mass is 9.96. The number of rotatable bonds is 3. The molecule has 0 amide bonds. The Morgan fingerprint density at radius 2 is 2.31 bits per heavy atom. The van der Waals surface area contributed by atoms with Gasteiger partial charge in [-0.1, -0.05) is 13.0 Å². The van der Waals surface area contributed by atoms with Gasteiger partial charge in [-0.25, -0.2) is 0 Å². The Kier molecular flexibility index (Phi) is 2.08. The van der Waals surface area contributed by atoms with E-state index in [1.807, 2.05) is 12.3 Å². The Hall–Kier alpha value is -0.890. The largest absolute Gasteiger partial charge is 0.330 e. The molecule has 70 valence electrons. The number of pyridine rings is 1. The molecule has 2 rings (SSSR count). The standard InChI is InChI=1S/C11H16N2/c1-2-9-4-3-7-13-10(9)11(8-12)5-6-11/h3-4,7H,2,5-6,8,12H2,1H3. The summed E-state index contributed by atoms with van der Waals surface area (Å²) in [5.41, 5.74) is 8.64. The first-order chi connectivity index (χ1) is 6.32. The quantitative estimate of drug-likeness (QED) is 0.760. The molecule has 13 heavy (non-hydrogen) atoms. The molecule has 0 unspecified atom stereocenters. The molecule has 1 aromatic heterocycles. The highest BCUT2D eigenvalue weighted by Crippen LogP contribution is 2.47. The second-order valence-corrected chi connectivity index (χ2v) is 3.85. The van der Waals surface area contributed by atoms with E-state index < -0.39 is 0 Å². The van der Waals surface area contributed by atoms with Crippen LogP contribution in [0.5, 0.6) is 0 Å². The Balaban J connectivity index is 2.39. The highest BCUT2D eigenvalue weighted by atomic mass is 14.8. The molecule has 0 spiro atoms. The van der Waals surface area contributed by atoms with Crippen LogP contribution in [-0.4, -0.2) is 11.5 Å². The van der Waals surface area contributed by atoms with Crippen LogP contribution >= 0.6 is 0 Å². The zero-order valence-corrected chi connectivity index (χ0v) is 8.09. The van der Waals surface area contributed by atoms with Crippen LogP contribution in [0.15, 0.2) is 18.3 Å². The number of aromatic nitrogens is 1. The van der Waals surface area contributed by atoms with Crippen molar-refractivity contribution in [3.8, 4) is 0 Å². The van der Waals surface area contributed by atoms with Gasteiger partial charge in [0.15, 0.2) is 0 Å². The normalized spacial score (nSPS) is 18.6. The van der Waals surface area contributed by atoms with Crippen molar-refractivity contribution in [1.29, 1.82) is 0 Å². The fourth-order valence-corrected chi connectivity index (χ4v) is 1.89. The van der Waals surface area contributed by atoms with E-state index in [1.54, 1.807) is 0 Å². The molecule has 0 aliphatic heterocycles. The molecule has 1 aliphatic carbocycles. The third-order valence-corrected chi connectivity index (χ3v) is 3.02. The summed E-state index contributed by atoms with van der Waals surface area (Å²) in [6, 6.07) is 4.17. The number of hydrogen-bond donors (Lipinski definition) is 1. The first-order valence-electron chi connectivity index (χ1n) is 4.97. The number of hydrogen-bond acceptors (Lipinski definition) is 2. The summed E-state index contributed by atoms with van der Waals surface area (Å²) in [5.74, 6) is 0. The second kappa shape index (κ2) is 3.11. The van der Waals surface area contributed by atoms with Crippen LogP contribution in [-0.2, 0) is 11.8 Å². The summed E-state index contributed by atoms with van der Waals surface area (Å²) >= 11 is 0. The molecule has 1 saturated carbocycles. The summed E-state index contributed by atoms with van der Waals surface area (Å²) in [6.45, 7) is 2.92. The first-order valence-corrected chi connectivity index (χ1v) is 4.97. The van der Waals surface area contributed by atoms with Crippen molar-refractivity contribution < 1.29 is 0 Å². The molecule has 2 N–H and O–H groups in total. The number of nitrogens with two attached hydrogens (primary N) is 1. The molecule has 0 atom stereocenters. The average Bonchev–Trinajstić information content (AvgIpc) is 2.98. The van der Waals surface area contributed by atoms with E-state index in [9.17, 15) is 0 Å². The molecule has 0 radical (unpaired) electrons. The van der Waals surface area contributed by atoms with Gasteiger partial charge in [-0.3, -0.25) is 4.98 Å². The highest BCUT2D eigenvalue weighted by Gasteiger charge is 2.45. The van der Waals surface area contributed by atoms with Crippen molar-refractivity contribution in [2.45, 2.75) is 31.6 Å². The predicted molar refractivity (Wildman–Crippen MR) is 53.6 cm³/mol. The Morgan fingerprint density at radius 1 is 1.54 bits per heavy atom. The summed E-state index contributed by atoms with van der Waals surface area (Å²) in [7, 11) is 0. The van der Waals surface area contributed by atoms with Crippen molar-refractivity contribution in [1.82, 2.24) is 4.98 Å². The van der Waals surface area contributed by atoms with Gasteiger partial charge in [0.2, 0.25) is 0 Å². The minimum absolute atomic E-state index is 0.243. The Morgan fingerprint density at radius 3 is 2.85 bits per heavy atom. The SMILES string of the molecule is CCc1cccnc1C1(CN)CC1. The van der Waals surface area contributed by atoms with Crippen LogP contribution in [0.2, 0.25) is 0 Å². The van der Waals surface area contributed by atoms with Gasteiger partial charge in [-0.05, 0) is 30.9 Å². The third-order valence-electron chi connectivity index (χ3n) is 3.02. The minimum Gasteiger partial charge on any atom is -0.330 e. The van der Waals surface area contributed by atoms with Crippen LogP contribution in [0, 0.1) is 0 Å². The summed E-state index contributed by atoms with van der Waals surface area (Å²) in [6.07, 6.45) is 5.37. The van der Waals surface area contributed by atoms with Gasteiger partial charge >= 0.3 is 0 Å². The van der Waals surface area contributed by atoms with E-state index in [2.05, 4.69) is 18.0 Å². The van der Waals surface area contributed by atoms with E-state index >= 15 is 0 Å². The first kappa shape index (κ1) is 8.70. The minimum atomic E-state index is 0.243. The molecule has 2 heteroatoms. The van der Waals surface area contributed by atoms with Crippen molar-refractivity contribution in [2.75, 3.05) is 6.54 Å². The van der Waals surface area contributed by atoms with Gasteiger partial charge in [-0.2, -0.15) is 0 Å². The van der Waals surface area contributed by atoms with Crippen LogP contribution in [0.25, 0.3) is 0 Å². The molecule has 0 saturated heterocycles. The lowest BCUT2D eigenvalue weighted by molar-refractivity contribution is 0.667. The summed E-state index contributed by atoms with van der Waals surface area (Å²) < 4.78 is 0. The van der Waals surface area contributed by atoms with E-state index in [-0.39, 0.29) is 5.41 Å². The van der Waals surface area contributed by atoms with Gasteiger partial charge in [0.1, 0.15) is 0 Å². The van der Waals surface area contributed by atoms with E-state index in [1.165, 1.54) is 24.1 Å². The maximum Gasteiger partial charge on any atom is 0.0509 e. The molecule has 1 fully saturated rings. The predicted octanol–water partition coefficient (Wildman–Crippen LogP) is 1.63. The van der Waals surface area contributed by atoms with Gasteiger partial charge in [-0.15, -0.1) is 0 Å². The van der Waals surface area contributed by atoms with Gasteiger partial charge in [0.05, 0.1) is 5.69 Å². The molecule has 0 bridgehead atoms. The van der Waals surface area contributed by atoms with E-state index in [4.69, 9.17) is 5.73 Å². The van der Waals surface area contributed by atoms with Crippen molar-refractivity contribution in [3.63, 3.8) is 0 Å². The van der Waals surface area contributed by atoms with Crippen LogP contribution < -0.4 is 5.73 Å². The lowest BCUT2D eigenvalue weighted by Gasteiger charge is -2.14. The Labute approximate surface area is 79.2 Å². The van der Waals surface area contributed by atoms with Crippen molar-refractivity contribution in [3.05, 3.63) is 29.6 Å². The fraction of sp³-hybridized carbons (Fsp3) is 0.545. The third kappa shape index (κ3) is 1.35. The summed E-state index contributed by atoms with van der Waals surface area (Å²) in [5, 5.41) is 0. The molecule has 1 aromatic rings. The average molecular weight is 176 g/mol. The van der Waals surface area contributed by atoms with Gasteiger partial charge in [0.25, 0.3) is 0 Å². The van der Waals surface area contributed by atoms with Crippen LogP contribution in [0.1, 0.15) is 31.0 Å².